The molecule has 0 aliphatic carbocycles. The van der Waals surface area contributed by atoms with E-state index in [9.17, 15) is 14.0 Å². The van der Waals surface area contributed by atoms with E-state index in [1.165, 1.54) is 24.3 Å². The Hall–Kier alpha value is -3.47. The average molecular weight is 377 g/mol. The number of halogens is 1. The normalized spacial score (nSPS) is 10.4. The first kappa shape index (κ1) is 19.3. The molecule has 0 aliphatic rings. The smallest absolute Gasteiger partial charge is 0.262 e. The van der Waals surface area contributed by atoms with Crippen molar-refractivity contribution in [3.05, 3.63) is 94.8 Å². The van der Waals surface area contributed by atoms with Crippen molar-refractivity contribution in [3.63, 3.8) is 0 Å². The summed E-state index contributed by atoms with van der Waals surface area (Å²) >= 11 is 0. The van der Waals surface area contributed by atoms with E-state index in [-0.39, 0.29) is 24.1 Å². The summed E-state index contributed by atoms with van der Waals surface area (Å²) in [5, 5.41) is 2.86. The van der Waals surface area contributed by atoms with E-state index in [0.717, 1.165) is 16.8 Å². The molecule has 0 atom stereocenters. The third kappa shape index (κ3) is 4.62. The maximum Gasteiger partial charge on any atom is 0.262 e. The number of carbonyl (C=O) groups excluding carboxylic acids is 2. The second-order valence-corrected chi connectivity index (χ2v) is 6.46. The first-order valence-corrected chi connectivity index (χ1v) is 8.83. The van der Waals surface area contributed by atoms with Crippen LogP contribution < -0.4 is 10.1 Å². The SMILES string of the molecule is Cc1cccc(C)c1NC(=O)COc1ccc(C(=O)c2ccc(F)cc2)cc1. The number of hydrogen-bond acceptors (Lipinski definition) is 3. The van der Waals surface area contributed by atoms with E-state index < -0.39 is 0 Å². The van der Waals surface area contributed by atoms with Gasteiger partial charge in [0.25, 0.3) is 5.91 Å². The lowest BCUT2D eigenvalue weighted by Crippen LogP contribution is -2.21. The number of para-hydroxylation sites is 1. The molecule has 0 saturated carbocycles. The van der Waals surface area contributed by atoms with Gasteiger partial charge in [-0.15, -0.1) is 0 Å². The van der Waals surface area contributed by atoms with Crippen molar-refractivity contribution >= 4 is 17.4 Å². The highest BCUT2D eigenvalue weighted by atomic mass is 19.1. The van der Waals surface area contributed by atoms with Gasteiger partial charge in [0.2, 0.25) is 0 Å². The maximum absolute atomic E-state index is 13.0. The quantitative estimate of drug-likeness (QED) is 0.634. The van der Waals surface area contributed by atoms with Gasteiger partial charge in [0, 0.05) is 16.8 Å². The first-order valence-electron chi connectivity index (χ1n) is 8.83. The highest BCUT2D eigenvalue weighted by Crippen LogP contribution is 2.20. The topological polar surface area (TPSA) is 55.4 Å². The van der Waals surface area contributed by atoms with E-state index in [1.54, 1.807) is 24.3 Å². The minimum atomic E-state index is -0.389. The molecule has 0 heterocycles. The minimum Gasteiger partial charge on any atom is -0.484 e. The number of rotatable bonds is 6. The average Bonchev–Trinajstić information content (AvgIpc) is 2.70. The van der Waals surface area contributed by atoms with Gasteiger partial charge >= 0.3 is 0 Å². The lowest BCUT2D eigenvalue weighted by atomic mass is 10.0. The first-order chi connectivity index (χ1) is 13.4. The summed E-state index contributed by atoms with van der Waals surface area (Å²) < 4.78 is 18.5. The number of nitrogens with one attached hydrogen (secondary N) is 1. The van der Waals surface area contributed by atoms with Crippen LogP contribution in [0.5, 0.6) is 5.75 Å². The Morgan fingerprint density at radius 2 is 1.39 bits per heavy atom. The third-order valence-electron chi connectivity index (χ3n) is 4.34. The van der Waals surface area contributed by atoms with E-state index in [0.29, 0.717) is 16.9 Å². The number of hydrogen-bond donors (Lipinski definition) is 1. The lowest BCUT2D eigenvalue weighted by Gasteiger charge is -2.12. The van der Waals surface area contributed by atoms with Gasteiger partial charge in [-0.3, -0.25) is 9.59 Å². The molecule has 0 bridgehead atoms. The molecular weight excluding hydrogens is 357 g/mol. The molecule has 0 fully saturated rings. The molecule has 0 aromatic heterocycles. The molecule has 1 N–H and O–H groups in total. The van der Waals surface area contributed by atoms with Crippen molar-refractivity contribution in [2.75, 3.05) is 11.9 Å². The van der Waals surface area contributed by atoms with Crippen LogP contribution in [0, 0.1) is 19.7 Å². The fourth-order valence-electron chi connectivity index (χ4n) is 2.81. The molecule has 28 heavy (non-hydrogen) atoms. The Bertz CT molecular complexity index is 975. The molecule has 5 heteroatoms. The zero-order valence-electron chi connectivity index (χ0n) is 15.7. The Morgan fingerprint density at radius 3 is 1.96 bits per heavy atom. The van der Waals surface area contributed by atoms with Gasteiger partial charge in [-0.1, -0.05) is 18.2 Å². The molecule has 3 rings (SSSR count). The summed E-state index contributed by atoms with van der Waals surface area (Å²) in [6.45, 7) is 3.72. The van der Waals surface area contributed by atoms with Crippen LogP contribution in [-0.4, -0.2) is 18.3 Å². The number of ketones is 1. The zero-order valence-corrected chi connectivity index (χ0v) is 15.7. The Labute approximate surface area is 163 Å². The number of amides is 1. The van der Waals surface area contributed by atoms with Crippen LogP contribution in [-0.2, 0) is 4.79 Å². The second kappa shape index (κ2) is 8.48. The Kier molecular flexibility index (Phi) is 5.84. The summed E-state index contributed by atoms with van der Waals surface area (Å²) in [6.07, 6.45) is 0. The second-order valence-electron chi connectivity index (χ2n) is 6.46. The molecule has 3 aromatic rings. The summed E-state index contributed by atoms with van der Waals surface area (Å²) in [7, 11) is 0. The van der Waals surface area contributed by atoms with Gasteiger partial charge in [-0.05, 0) is 73.5 Å². The molecule has 0 aliphatic heterocycles. The fourth-order valence-corrected chi connectivity index (χ4v) is 2.81. The Morgan fingerprint density at radius 1 is 0.857 bits per heavy atom. The van der Waals surface area contributed by atoms with Crippen LogP contribution in [0.3, 0.4) is 0 Å². The van der Waals surface area contributed by atoms with E-state index >= 15 is 0 Å². The molecule has 0 spiro atoms. The molecule has 0 saturated heterocycles. The van der Waals surface area contributed by atoms with Gasteiger partial charge in [-0.25, -0.2) is 4.39 Å². The molecule has 142 valence electrons. The minimum absolute atomic E-state index is 0.140. The lowest BCUT2D eigenvalue weighted by molar-refractivity contribution is -0.118. The fraction of sp³-hybridized carbons (Fsp3) is 0.130. The predicted octanol–water partition coefficient (Wildman–Crippen LogP) is 4.69. The van der Waals surface area contributed by atoms with Crippen molar-refractivity contribution in [1.82, 2.24) is 0 Å². The van der Waals surface area contributed by atoms with Crippen LogP contribution in [0.15, 0.2) is 66.7 Å². The number of ether oxygens (including phenoxy) is 1. The van der Waals surface area contributed by atoms with Crippen molar-refractivity contribution in [3.8, 4) is 5.75 Å². The predicted molar refractivity (Wildman–Crippen MR) is 106 cm³/mol. The van der Waals surface area contributed by atoms with Crippen LogP contribution >= 0.6 is 0 Å². The third-order valence-corrected chi connectivity index (χ3v) is 4.34. The number of benzene rings is 3. The molecular formula is C23H20FNO3. The molecule has 1 amide bonds. The van der Waals surface area contributed by atoms with Crippen molar-refractivity contribution in [2.45, 2.75) is 13.8 Å². The van der Waals surface area contributed by atoms with Crippen molar-refractivity contribution < 1.29 is 18.7 Å². The number of aryl methyl sites for hydroxylation is 2. The van der Waals surface area contributed by atoms with Crippen LogP contribution in [0.1, 0.15) is 27.0 Å². The summed E-state index contributed by atoms with van der Waals surface area (Å²) in [5.74, 6) is -0.380. The van der Waals surface area contributed by atoms with Gasteiger partial charge in [0.15, 0.2) is 12.4 Å². The monoisotopic (exact) mass is 377 g/mol. The molecule has 3 aromatic carbocycles. The van der Waals surface area contributed by atoms with Crippen molar-refractivity contribution in [1.29, 1.82) is 0 Å². The summed E-state index contributed by atoms with van der Waals surface area (Å²) in [6, 6.07) is 17.7. The van der Waals surface area contributed by atoms with E-state index in [1.807, 2.05) is 32.0 Å². The molecule has 0 radical (unpaired) electrons. The number of anilines is 1. The van der Waals surface area contributed by atoms with Gasteiger partial charge < -0.3 is 10.1 Å². The summed E-state index contributed by atoms with van der Waals surface area (Å²) in [4.78, 5) is 24.5. The zero-order chi connectivity index (χ0) is 20.1. The van der Waals surface area contributed by atoms with Gasteiger partial charge in [-0.2, -0.15) is 0 Å². The Balaban J connectivity index is 1.59. The van der Waals surface area contributed by atoms with E-state index in [4.69, 9.17) is 4.74 Å². The highest BCUT2D eigenvalue weighted by molar-refractivity contribution is 6.09. The highest BCUT2D eigenvalue weighted by Gasteiger charge is 2.11. The van der Waals surface area contributed by atoms with Gasteiger partial charge in [0.1, 0.15) is 11.6 Å². The van der Waals surface area contributed by atoms with Crippen LogP contribution in [0.4, 0.5) is 10.1 Å². The largest absolute Gasteiger partial charge is 0.484 e. The van der Waals surface area contributed by atoms with Gasteiger partial charge in [0.05, 0.1) is 0 Å². The molecule has 4 nitrogen and oxygen atoms in total. The van der Waals surface area contributed by atoms with Crippen LogP contribution in [0.2, 0.25) is 0 Å². The number of carbonyl (C=O) groups is 2. The van der Waals surface area contributed by atoms with Crippen LogP contribution in [0.25, 0.3) is 0 Å². The maximum atomic E-state index is 13.0. The standard InChI is InChI=1S/C23H20FNO3/c1-15-4-3-5-16(2)22(15)25-21(26)14-28-20-12-8-18(9-13-20)23(27)17-6-10-19(24)11-7-17/h3-13H,14H2,1-2H3,(H,25,26). The summed E-state index contributed by atoms with van der Waals surface area (Å²) in [5.41, 5.74) is 3.62. The van der Waals surface area contributed by atoms with Crippen molar-refractivity contribution in [2.24, 2.45) is 0 Å². The molecule has 0 unspecified atom stereocenters. The van der Waals surface area contributed by atoms with E-state index in [2.05, 4.69) is 5.32 Å².